The van der Waals surface area contributed by atoms with Crippen LogP contribution in [0.25, 0.3) is 0 Å². The second-order valence-corrected chi connectivity index (χ2v) is 9.29. The number of H-pyrrole nitrogens is 1. The maximum absolute atomic E-state index is 13.2. The fraction of sp³-hybridized carbons (Fsp3) is 0.320. The maximum Gasteiger partial charge on any atom is 0.263 e. The lowest BCUT2D eigenvalue weighted by Crippen LogP contribution is -2.44. The van der Waals surface area contributed by atoms with E-state index in [2.05, 4.69) is 42.8 Å². The number of piperazine rings is 1. The molecule has 0 bridgehead atoms. The van der Waals surface area contributed by atoms with Crippen molar-refractivity contribution in [3.05, 3.63) is 63.2 Å². The number of amides is 1. The van der Waals surface area contributed by atoms with E-state index in [9.17, 15) is 9.59 Å². The number of carbonyl (C=O) groups is 1. The number of nitrogens with zero attached hydrogens (tertiary/aromatic N) is 3. The van der Waals surface area contributed by atoms with Gasteiger partial charge in [0.15, 0.2) is 0 Å². The first kappa shape index (κ1) is 24.0. The molecule has 4 heterocycles. The Bertz CT molecular complexity index is 1350. The summed E-state index contributed by atoms with van der Waals surface area (Å²) in [5.74, 6) is -0.0159. The van der Waals surface area contributed by atoms with Gasteiger partial charge in [0.05, 0.1) is 28.3 Å². The number of pyridine rings is 2. The molecule has 0 saturated carbocycles. The summed E-state index contributed by atoms with van der Waals surface area (Å²) in [6.07, 6.45) is 3.12. The van der Waals surface area contributed by atoms with Crippen molar-refractivity contribution in [3.8, 4) is 5.88 Å². The predicted molar refractivity (Wildman–Crippen MR) is 142 cm³/mol. The van der Waals surface area contributed by atoms with Gasteiger partial charge in [-0.2, -0.15) is 0 Å². The standard InChI is InChI=1S/C25H28ClN7O3/c1-15-19(14-29-25-22(15)27-7-12-36-25)31-18-5-6-28-23(34)21(18)24(35)30-16-3-4-20(17(26)13-16)33-10-8-32(2)9-11-33/h3-6,13-14,27H,7-12H2,1-2H3,(H,30,35)(H2,28,31,34). The number of aromatic nitrogens is 2. The molecule has 0 radical (unpaired) electrons. The fourth-order valence-corrected chi connectivity index (χ4v) is 4.68. The van der Waals surface area contributed by atoms with Gasteiger partial charge in [-0.1, -0.05) is 11.6 Å². The molecule has 10 nitrogen and oxygen atoms in total. The number of carbonyl (C=O) groups excluding carboxylic acids is 1. The first-order valence-corrected chi connectivity index (χ1v) is 12.2. The molecule has 0 unspecified atom stereocenters. The molecule has 188 valence electrons. The van der Waals surface area contributed by atoms with Gasteiger partial charge < -0.3 is 35.5 Å². The topological polar surface area (TPSA) is 115 Å². The van der Waals surface area contributed by atoms with Crippen molar-refractivity contribution in [2.24, 2.45) is 0 Å². The van der Waals surface area contributed by atoms with Crippen molar-refractivity contribution in [3.63, 3.8) is 0 Å². The SMILES string of the molecule is Cc1c(Nc2cc[nH]c(=O)c2C(=O)Nc2ccc(N3CCN(C)CC3)c(Cl)c2)cnc2c1NCCO2. The van der Waals surface area contributed by atoms with Crippen LogP contribution in [0.2, 0.25) is 5.02 Å². The third kappa shape index (κ3) is 4.82. The molecule has 0 atom stereocenters. The van der Waals surface area contributed by atoms with E-state index in [1.54, 1.807) is 24.4 Å². The predicted octanol–water partition coefficient (Wildman–Crippen LogP) is 3.28. The van der Waals surface area contributed by atoms with Crippen LogP contribution < -0.4 is 31.1 Å². The highest BCUT2D eigenvalue weighted by Gasteiger charge is 2.21. The lowest BCUT2D eigenvalue weighted by atomic mass is 10.1. The molecule has 2 aliphatic rings. The van der Waals surface area contributed by atoms with Crippen LogP contribution in [0.5, 0.6) is 5.88 Å². The van der Waals surface area contributed by atoms with E-state index in [0.717, 1.165) is 43.1 Å². The molecule has 0 aliphatic carbocycles. The molecule has 2 aliphatic heterocycles. The zero-order valence-corrected chi connectivity index (χ0v) is 20.9. The van der Waals surface area contributed by atoms with Crippen molar-refractivity contribution in [1.29, 1.82) is 0 Å². The summed E-state index contributed by atoms with van der Waals surface area (Å²) in [6.45, 7) is 6.83. The number of anilines is 5. The summed E-state index contributed by atoms with van der Waals surface area (Å²) < 4.78 is 5.58. The van der Waals surface area contributed by atoms with Gasteiger partial charge in [-0.25, -0.2) is 4.98 Å². The Labute approximate surface area is 213 Å². The Morgan fingerprint density at radius 3 is 2.75 bits per heavy atom. The van der Waals surface area contributed by atoms with Gasteiger partial charge in [0.1, 0.15) is 17.9 Å². The lowest BCUT2D eigenvalue weighted by Gasteiger charge is -2.34. The number of hydrogen-bond donors (Lipinski definition) is 4. The summed E-state index contributed by atoms with van der Waals surface area (Å²) in [6, 6.07) is 7.04. The Hall–Kier alpha value is -3.76. The van der Waals surface area contributed by atoms with Gasteiger partial charge in [-0.05, 0) is 38.2 Å². The first-order valence-electron chi connectivity index (χ1n) is 11.8. The fourth-order valence-electron chi connectivity index (χ4n) is 4.38. The Morgan fingerprint density at radius 2 is 1.97 bits per heavy atom. The van der Waals surface area contributed by atoms with Crippen molar-refractivity contribution >= 4 is 45.9 Å². The summed E-state index contributed by atoms with van der Waals surface area (Å²) >= 11 is 6.56. The Kier molecular flexibility index (Phi) is 6.71. The summed E-state index contributed by atoms with van der Waals surface area (Å²) in [7, 11) is 2.10. The molecule has 3 aromatic rings. The molecule has 0 spiro atoms. The first-order chi connectivity index (χ1) is 17.4. The number of likely N-dealkylation sites (N-methyl/N-ethyl adjacent to an activating group) is 1. The Morgan fingerprint density at radius 1 is 1.17 bits per heavy atom. The van der Waals surface area contributed by atoms with Gasteiger partial charge in [-0.15, -0.1) is 0 Å². The summed E-state index contributed by atoms with van der Waals surface area (Å²) in [4.78, 5) is 37.3. The molecule has 1 fully saturated rings. The number of rotatable bonds is 5. The van der Waals surface area contributed by atoms with Gasteiger partial charge in [0, 0.05) is 50.2 Å². The molecule has 4 N–H and O–H groups in total. The van der Waals surface area contributed by atoms with Crippen LogP contribution in [0.1, 0.15) is 15.9 Å². The molecule has 5 rings (SSSR count). The van der Waals surface area contributed by atoms with E-state index in [-0.39, 0.29) is 5.56 Å². The lowest BCUT2D eigenvalue weighted by molar-refractivity contribution is 0.102. The number of fused-ring (bicyclic) bond motifs is 1. The van der Waals surface area contributed by atoms with Gasteiger partial charge in [-0.3, -0.25) is 9.59 Å². The minimum atomic E-state index is -0.548. The highest BCUT2D eigenvalue weighted by molar-refractivity contribution is 6.33. The number of aromatic amines is 1. The third-order valence-corrected chi connectivity index (χ3v) is 6.76. The monoisotopic (exact) mass is 509 g/mol. The van der Waals surface area contributed by atoms with Crippen molar-refractivity contribution in [2.45, 2.75) is 6.92 Å². The average Bonchev–Trinajstić information content (AvgIpc) is 2.87. The molecule has 11 heteroatoms. The van der Waals surface area contributed by atoms with Crippen LogP contribution >= 0.6 is 11.6 Å². The highest BCUT2D eigenvalue weighted by Crippen LogP contribution is 2.34. The van der Waals surface area contributed by atoms with Crippen molar-refractivity contribution in [2.75, 3.05) is 67.2 Å². The molecule has 36 heavy (non-hydrogen) atoms. The van der Waals surface area contributed by atoms with Gasteiger partial charge >= 0.3 is 0 Å². The largest absolute Gasteiger partial charge is 0.474 e. The maximum atomic E-state index is 13.2. The molecule has 2 aromatic heterocycles. The van der Waals surface area contributed by atoms with Crippen LogP contribution in [0.3, 0.4) is 0 Å². The van der Waals surface area contributed by atoms with Gasteiger partial charge in [0.25, 0.3) is 11.5 Å². The van der Waals surface area contributed by atoms with Crippen LogP contribution in [0.15, 0.2) is 41.5 Å². The summed E-state index contributed by atoms with van der Waals surface area (Å²) in [5.41, 5.74) is 3.56. The van der Waals surface area contributed by atoms with E-state index in [4.69, 9.17) is 16.3 Å². The van der Waals surface area contributed by atoms with Crippen LogP contribution in [-0.4, -0.2) is 67.2 Å². The molecular weight excluding hydrogens is 482 g/mol. The minimum absolute atomic E-state index is 0.0434. The third-order valence-electron chi connectivity index (χ3n) is 6.45. The van der Waals surface area contributed by atoms with Crippen LogP contribution in [0, 0.1) is 6.92 Å². The van der Waals surface area contributed by atoms with E-state index in [1.165, 1.54) is 6.20 Å². The number of benzene rings is 1. The highest BCUT2D eigenvalue weighted by atomic mass is 35.5. The van der Waals surface area contributed by atoms with Crippen LogP contribution in [0.4, 0.5) is 28.4 Å². The van der Waals surface area contributed by atoms with E-state index in [0.29, 0.717) is 41.1 Å². The van der Waals surface area contributed by atoms with E-state index in [1.807, 2.05) is 13.0 Å². The second kappa shape index (κ2) is 10.1. The normalized spacial score (nSPS) is 15.5. The summed E-state index contributed by atoms with van der Waals surface area (Å²) in [5, 5.41) is 9.83. The number of nitrogens with one attached hydrogen (secondary N) is 4. The Balaban J connectivity index is 1.37. The van der Waals surface area contributed by atoms with Crippen molar-refractivity contribution < 1.29 is 9.53 Å². The molecule has 1 amide bonds. The zero-order chi connectivity index (χ0) is 25.2. The van der Waals surface area contributed by atoms with Crippen molar-refractivity contribution in [1.82, 2.24) is 14.9 Å². The smallest absolute Gasteiger partial charge is 0.263 e. The number of halogens is 1. The molecule has 1 saturated heterocycles. The minimum Gasteiger partial charge on any atom is -0.474 e. The quantitative estimate of drug-likeness (QED) is 0.414. The van der Waals surface area contributed by atoms with E-state index < -0.39 is 11.5 Å². The number of hydrogen-bond acceptors (Lipinski definition) is 8. The van der Waals surface area contributed by atoms with Gasteiger partial charge in [0.2, 0.25) is 5.88 Å². The molecular formula is C25H28ClN7O3. The van der Waals surface area contributed by atoms with E-state index >= 15 is 0 Å². The zero-order valence-electron chi connectivity index (χ0n) is 20.2. The van der Waals surface area contributed by atoms with Crippen LogP contribution in [-0.2, 0) is 0 Å². The number of ether oxygens (including phenoxy) is 1. The average molecular weight is 510 g/mol. The second-order valence-electron chi connectivity index (χ2n) is 8.88. The molecule has 1 aromatic carbocycles.